The van der Waals surface area contributed by atoms with Gasteiger partial charge >= 0.3 is 0 Å². The molecule has 1 aliphatic rings. The summed E-state index contributed by atoms with van der Waals surface area (Å²) in [5.74, 6) is 1.69. The number of hydrogen-bond acceptors (Lipinski definition) is 8. The number of rotatable bonds is 7. The summed E-state index contributed by atoms with van der Waals surface area (Å²) in [5.41, 5.74) is 0. The smallest absolute Gasteiger partial charge is 0.104 e. The fourth-order valence-electron chi connectivity index (χ4n) is 0.510. The van der Waals surface area contributed by atoms with Gasteiger partial charge in [-0.3, -0.25) is 0 Å². The number of ether oxygens (including phenoxy) is 1. The van der Waals surface area contributed by atoms with Crippen molar-refractivity contribution in [3.05, 3.63) is 0 Å². The predicted octanol–water partition coefficient (Wildman–Crippen LogP) is -1.65. The highest BCUT2D eigenvalue weighted by molar-refractivity contribution is 7.99. The van der Waals surface area contributed by atoms with Crippen molar-refractivity contribution in [3.63, 3.8) is 0 Å². The molecule has 0 radical (unpaired) electrons. The lowest BCUT2D eigenvalue weighted by Gasteiger charge is -2.03. The lowest BCUT2D eigenvalue weighted by Crippen LogP contribution is -2.15. The second-order valence-corrected chi connectivity index (χ2v) is 4.82. The third-order valence-corrected chi connectivity index (χ3v) is 2.75. The molecule has 1 aliphatic heterocycles. The van der Waals surface area contributed by atoms with Gasteiger partial charge in [-0.25, -0.2) is 0 Å². The summed E-state index contributed by atoms with van der Waals surface area (Å²) in [6, 6.07) is 0. The summed E-state index contributed by atoms with van der Waals surface area (Å²) in [4.78, 5) is 0. The standard InChI is InChI=1S/C5H12O3S.C3H6O2.C2H6OS/c6-1-2-9-4-5(8)3-7;4-1-3-2-5-3;3-1-2-4/h5-8H,1-4H2;3-4H,1-2H2;3-4H,1-2H2. The molecule has 8 heteroatoms. The van der Waals surface area contributed by atoms with E-state index in [1.165, 1.54) is 11.8 Å². The molecule has 0 aromatic carbocycles. The quantitative estimate of drug-likeness (QED) is 0.190. The molecule has 5 N–H and O–H groups in total. The first-order valence-corrected chi connectivity index (χ1v) is 7.36. The van der Waals surface area contributed by atoms with Crippen LogP contribution < -0.4 is 0 Å². The van der Waals surface area contributed by atoms with Crippen molar-refractivity contribution >= 4 is 24.4 Å². The molecule has 0 aromatic heterocycles. The molecule has 0 spiro atoms. The molecule has 2 atom stereocenters. The number of thioether (sulfide) groups is 1. The van der Waals surface area contributed by atoms with Crippen LogP contribution >= 0.6 is 24.4 Å². The number of aliphatic hydroxyl groups excluding tert-OH is 5. The molecule has 1 saturated heterocycles. The Morgan fingerprint density at radius 3 is 2.00 bits per heavy atom. The topological polar surface area (TPSA) is 114 Å². The van der Waals surface area contributed by atoms with Crippen molar-refractivity contribution < 1.29 is 30.3 Å². The Balaban J connectivity index is 0. The summed E-state index contributed by atoms with van der Waals surface area (Å²) in [6.45, 7) is 1.07. The number of aliphatic hydroxyl groups is 5. The minimum atomic E-state index is -0.637. The van der Waals surface area contributed by atoms with Crippen molar-refractivity contribution in [2.24, 2.45) is 0 Å². The minimum absolute atomic E-state index is 0.128. The molecular formula is C10H24O6S2. The van der Waals surface area contributed by atoms with Crippen LogP contribution in [0.3, 0.4) is 0 Å². The van der Waals surface area contributed by atoms with Gasteiger partial charge in [-0.15, -0.1) is 0 Å². The van der Waals surface area contributed by atoms with E-state index in [9.17, 15) is 0 Å². The van der Waals surface area contributed by atoms with Crippen LogP contribution in [0.1, 0.15) is 0 Å². The van der Waals surface area contributed by atoms with Crippen molar-refractivity contribution in [2.45, 2.75) is 12.2 Å². The van der Waals surface area contributed by atoms with Gasteiger partial charge in [-0.05, 0) is 0 Å². The molecule has 2 unspecified atom stereocenters. The Hall–Kier alpha value is 0.460. The first-order chi connectivity index (χ1) is 8.65. The van der Waals surface area contributed by atoms with E-state index in [2.05, 4.69) is 17.4 Å². The van der Waals surface area contributed by atoms with E-state index < -0.39 is 6.10 Å². The van der Waals surface area contributed by atoms with Crippen LogP contribution in [0, 0.1) is 0 Å². The molecule has 0 aromatic rings. The maximum atomic E-state index is 8.73. The zero-order chi connectivity index (χ0) is 14.2. The van der Waals surface area contributed by atoms with E-state index in [0.717, 1.165) is 6.61 Å². The molecule has 1 fully saturated rings. The van der Waals surface area contributed by atoms with Crippen LogP contribution in [-0.2, 0) is 4.74 Å². The van der Waals surface area contributed by atoms with Crippen molar-refractivity contribution in [3.8, 4) is 0 Å². The first-order valence-electron chi connectivity index (χ1n) is 5.57. The van der Waals surface area contributed by atoms with Crippen LogP contribution in [0.5, 0.6) is 0 Å². The molecule has 0 bridgehead atoms. The molecule has 0 saturated carbocycles. The summed E-state index contributed by atoms with van der Waals surface area (Å²) in [7, 11) is 0. The number of epoxide rings is 1. The molecule has 1 rings (SSSR count). The van der Waals surface area contributed by atoms with Gasteiger partial charge in [0.25, 0.3) is 0 Å². The number of thiol groups is 1. The first kappa shape index (κ1) is 20.8. The highest BCUT2D eigenvalue weighted by Crippen LogP contribution is 2.05. The van der Waals surface area contributed by atoms with Crippen LogP contribution in [0.4, 0.5) is 0 Å². The van der Waals surface area contributed by atoms with E-state index in [1.54, 1.807) is 0 Å². The lowest BCUT2D eigenvalue weighted by atomic mass is 10.4. The predicted molar refractivity (Wildman–Crippen MR) is 75.3 cm³/mol. The van der Waals surface area contributed by atoms with E-state index >= 15 is 0 Å². The van der Waals surface area contributed by atoms with Gasteiger partial charge in [0.2, 0.25) is 0 Å². The van der Waals surface area contributed by atoms with E-state index in [4.69, 9.17) is 25.5 Å². The average molecular weight is 304 g/mol. The second kappa shape index (κ2) is 17.5. The number of hydrogen-bond donors (Lipinski definition) is 6. The molecule has 0 aliphatic carbocycles. The van der Waals surface area contributed by atoms with Gasteiger partial charge in [-0.2, -0.15) is 24.4 Å². The van der Waals surface area contributed by atoms with Crippen molar-refractivity contribution in [1.82, 2.24) is 0 Å². The van der Waals surface area contributed by atoms with Gasteiger partial charge in [0.15, 0.2) is 0 Å². The maximum absolute atomic E-state index is 8.73. The minimum Gasteiger partial charge on any atom is -0.396 e. The Kier molecular flexibility index (Phi) is 20.1. The Morgan fingerprint density at radius 2 is 1.78 bits per heavy atom. The molecule has 18 heavy (non-hydrogen) atoms. The SMILES string of the molecule is OCC1CO1.OCCS.OCCSCC(O)CO. The largest absolute Gasteiger partial charge is 0.396 e. The molecule has 112 valence electrons. The molecule has 0 amide bonds. The Bertz CT molecular complexity index is 146. The summed E-state index contributed by atoms with van der Waals surface area (Å²) < 4.78 is 4.61. The summed E-state index contributed by atoms with van der Waals surface area (Å²) >= 11 is 5.10. The monoisotopic (exact) mass is 304 g/mol. The molecular weight excluding hydrogens is 280 g/mol. The zero-order valence-electron chi connectivity index (χ0n) is 10.3. The van der Waals surface area contributed by atoms with E-state index in [1.807, 2.05) is 0 Å². The van der Waals surface area contributed by atoms with Crippen LogP contribution in [-0.4, -0.2) is 88.0 Å². The van der Waals surface area contributed by atoms with E-state index in [0.29, 0.717) is 17.3 Å². The fraction of sp³-hybridized carbons (Fsp3) is 1.00. The third kappa shape index (κ3) is 21.7. The van der Waals surface area contributed by atoms with Crippen LogP contribution in [0.15, 0.2) is 0 Å². The summed E-state index contributed by atoms with van der Waals surface area (Å²) in [5, 5.41) is 41.2. The van der Waals surface area contributed by atoms with Gasteiger partial charge < -0.3 is 30.3 Å². The van der Waals surface area contributed by atoms with Gasteiger partial charge in [0, 0.05) is 17.3 Å². The Labute approximate surface area is 117 Å². The summed E-state index contributed by atoms with van der Waals surface area (Å²) in [6.07, 6.45) is -0.448. The lowest BCUT2D eigenvalue weighted by molar-refractivity contribution is 0.113. The van der Waals surface area contributed by atoms with Crippen molar-refractivity contribution in [2.75, 3.05) is 50.3 Å². The van der Waals surface area contributed by atoms with Gasteiger partial charge in [0.05, 0.1) is 39.1 Å². The fourth-order valence-corrected chi connectivity index (χ4v) is 1.18. The van der Waals surface area contributed by atoms with Crippen LogP contribution in [0.25, 0.3) is 0 Å². The van der Waals surface area contributed by atoms with Gasteiger partial charge in [-0.1, -0.05) is 0 Å². The maximum Gasteiger partial charge on any atom is 0.104 e. The van der Waals surface area contributed by atoms with E-state index in [-0.39, 0.29) is 32.5 Å². The molecule has 6 nitrogen and oxygen atoms in total. The zero-order valence-corrected chi connectivity index (χ0v) is 12.0. The van der Waals surface area contributed by atoms with Crippen LogP contribution in [0.2, 0.25) is 0 Å². The Morgan fingerprint density at radius 1 is 1.22 bits per heavy atom. The van der Waals surface area contributed by atoms with Gasteiger partial charge in [0.1, 0.15) is 6.10 Å². The normalized spacial score (nSPS) is 18.0. The second-order valence-electron chi connectivity index (χ2n) is 3.22. The highest BCUT2D eigenvalue weighted by Gasteiger charge is 2.19. The van der Waals surface area contributed by atoms with Crippen molar-refractivity contribution in [1.29, 1.82) is 0 Å². The average Bonchev–Trinajstić information content (AvgIpc) is 3.23. The highest BCUT2D eigenvalue weighted by atomic mass is 32.2. The third-order valence-electron chi connectivity index (χ3n) is 1.46. The molecule has 1 heterocycles.